The Bertz CT molecular complexity index is 598. The van der Waals surface area contributed by atoms with Gasteiger partial charge in [0.15, 0.2) is 0 Å². The predicted molar refractivity (Wildman–Crippen MR) is 64.1 cm³/mol. The highest BCUT2D eigenvalue weighted by Gasteiger charge is 2.07. The van der Waals surface area contributed by atoms with Crippen molar-refractivity contribution in [3.05, 3.63) is 62.4 Å². The van der Waals surface area contributed by atoms with Gasteiger partial charge in [-0.3, -0.25) is 9.78 Å². The molecule has 0 aliphatic carbocycles. The third-order valence-corrected chi connectivity index (χ3v) is 2.57. The minimum absolute atomic E-state index is 0.124. The van der Waals surface area contributed by atoms with Crippen LogP contribution in [-0.2, 0) is 6.42 Å². The van der Waals surface area contributed by atoms with Crippen LogP contribution in [0.1, 0.15) is 16.9 Å². The molecule has 1 heterocycles. The number of rotatable bonds is 2. The average Bonchev–Trinajstić information content (AvgIpc) is 2.25. The Morgan fingerprint density at radius 2 is 2.00 bits per heavy atom. The van der Waals surface area contributed by atoms with Crippen molar-refractivity contribution >= 4 is 12.2 Å². The van der Waals surface area contributed by atoms with Crippen LogP contribution in [0.5, 0.6) is 0 Å². The van der Waals surface area contributed by atoms with Crippen molar-refractivity contribution in [2.75, 3.05) is 0 Å². The fourth-order valence-corrected chi connectivity index (χ4v) is 1.78. The number of nitrogens with one attached hydrogen (secondary N) is 1. The molecule has 0 bridgehead atoms. The molecule has 1 N–H and O–H groups in total. The van der Waals surface area contributed by atoms with Crippen LogP contribution in [0.4, 0.5) is 0 Å². The Morgan fingerprint density at radius 1 is 1.31 bits per heavy atom. The lowest BCUT2D eigenvalue weighted by molar-refractivity contribution is 0.468. The summed E-state index contributed by atoms with van der Waals surface area (Å²) in [5.74, 6) is 0.581. The van der Waals surface area contributed by atoms with E-state index in [0.717, 1.165) is 5.56 Å². The lowest BCUT2D eigenvalue weighted by Crippen LogP contribution is -2.14. The van der Waals surface area contributed by atoms with E-state index in [4.69, 9.17) is 16.6 Å². The van der Waals surface area contributed by atoms with E-state index < -0.39 is 0 Å². The third kappa shape index (κ3) is 2.28. The Labute approximate surface area is 97.8 Å². The second-order valence-electron chi connectivity index (χ2n) is 3.54. The van der Waals surface area contributed by atoms with Gasteiger partial charge in [-0.15, -0.1) is 0 Å². The summed E-state index contributed by atoms with van der Waals surface area (Å²) in [6.45, 7) is 1.75. The van der Waals surface area contributed by atoms with Crippen LogP contribution in [0.2, 0.25) is 0 Å². The fourth-order valence-electron chi connectivity index (χ4n) is 1.56. The number of aryl methyl sites for hydroxylation is 1. The summed E-state index contributed by atoms with van der Waals surface area (Å²) in [4.78, 5) is 14.3. The summed E-state index contributed by atoms with van der Waals surface area (Å²) in [5, 5.41) is 0. The van der Waals surface area contributed by atoms with E-state index in [1.165, 1.54) is 0 Å². The Kier molecular flexibility index (Phi) is 3.01. The third-order valence-electron chi connectivity index (χ3n) is 2.38. The molecule has 0 unspecified atom stereocenters. The first-order valence-corrected chi connectivity index (χ1v) is 5.34. The summed E-state index contributed by atoms with van der Waals surface area (Å²) >= 11 is 4.79. The highest BCUT2D eigenvalue weighted by molar-refractivity contribution is 7.71. The largest absolute Gasteiger partial charge is 0.436 e. The predicted octanol–water partition coefficient (Wildman–Crippen LogP) is 2.60. The summed E-state index contributed by atoms with van der Waals surface area (Å²) in [7, 11) is 0. The van der Waals surface area contributed by atoms with Crippen LogP contribution in [0, 0.1) is 11.8 Å². The number of benzene rings is 1. The molecule has 0 aliphatic heterocycles. The molecule has 0 saturated heterocycles. The van der Waals surface area contributed by atoms with Gasteiger partial charge in [0.25, 0.3) is 10.4 Å². The van der Waals surface area contributed by atoms with Gasteiger partial charge in [0.2, 0.25) is 0 Å². The minimum Gasteiger partial charge on any atom is -0.436 e. The number of aromatic nitrogens is 1. The average molecular weight is 233 g/mol. The molecule has 4 heteroatoms. The van der Waals surface area contributed by atoms with Crippen molar-refractivity contribution in [3.8, 4) is 0 Å². The zero-order valence-corrected chi connectivity index (χ0v) is 9.64. The van der Waals surface area contributed by atoms with Gasteiger partial charge < -0.3 is 4.42 Å². The summed E-state index contributed by atoms with van der Waals surface area (Å²) in [5.41, 5.74) is 1.53. The van der Waals surface area contributed by atoms with Crippen LogP contribution in [0.25, 0.3) is 0 Å². The highest BCUT2D eigenvalue weighted by atomic mass is 32.1. The van der Waals surface area contributed by atoms with Gasteiger partial charge in [-0.25, -0.2) is 0 Å². The topological polar surface area (TPSA) is 46.0 Å². The maximum Gasteiger partial charge on any atom is 0.268 e. The molecule has 0 saturated carbocycles. The number of aromatic amines is 1. The molecule has 0 fully saturated rings. The van der Waals surface area contributed by atoms with Crippen LogP contribution < -0.4 is 5.56 Å². The van der Waals surface area contributed by atoms with Gasteiger partial charge in [-0.1, -0.05) is 30.3 Å². The van der Waals surface area contributed by atoms with Gasteiger partial charge in [-0.05, 0) is 24.7 Å². The normalized spacial score (nSPS) is 10.3. The lowest BCUT2D eigenvalue weighted by atomic mass is 10.1. The quantitative estimate of drug-likeness (QED) is 0.811. The van der Waals surface area contributed by atoms with Gasteiger partial charge in [-0.2, -0.15) is 0 Å². The second-order valence-corrected chi connectivity index (χ2v) is 3.91. The van der Waals surface area contributed by atoms with Crippen molar-refractivity contribution in [3.63, 3.8) is 0 Å². The first-order chi connectivity index (χ1) is 7.66. The molecule has 0 amide bonds. The summed E-state index contributed by atoms with van der Waals surface area (Å²) < 4.78 is 5.22. The molecule has 2 rings (SSSR count). The maximum absolute atomic E-state index is 11.7. The van der Waals surface area contributed by atoms with Crippen LogP contribution >= 0.6 is 12.2 Å². The molecule has 1 aromatic heterocycles. The van der Waals surface area contributed by atoms with Crippen LogP contribution in [-0.4, -0.2) is 4.98 Å². The standard InChI is InChI=1S/C12H11NO2S/c1-8-10(11(14)13-12(16)15-8)7-9-5-3-2-4-6-9/h2-6H,7H2,1H3,(H,13,14,16). The molecular weight excluding hydrogens is 222 g/mol. The van der Waals surface area contributed by atoms with E-state index in [1.54, 1.807) is 6.92 Å². The van der Waals surface area contributed by atoms with Gasteiger partial charge >= 0.3 is 0 Å². The molecule has 2 aromatic rings. The van der Waals surface area contributed by atoms with E-state index in [2.05, 4.69) is 4.98 Å². The van der Waals surface area contributed by atoms with E-state index in [9.17, 15) is 4.79 Å². The minimum atomic E-state index is -0.169. The second kappa shape index (κ2) is 4.45. The molecule has 0 spiro atoms. The fraction of sp³-hybridized carbons (Fsp3) is 0.167. The van der Waals surface area contributed by atoms with Crippen LogP contribution in [0.3, 0.4) is 0 Å². The van der Waals surface area contributed by atoms with Crippen molar-refractivity contribution < 1.29 is 4.42 Å². The molecule has 0 radical (unpaired) electrons. The van der Waals surface area contributed by atoms with Crippen molar-refractivity contribution in [2.24, 2.45) is 0 Å². The highest BCUT2D eigenvalue weighted by Crippen LogP contribution is 2.09. The zero-order chi connectivity index (χ0) is 11.5. The van der Waals surface area contributed by atoms with Crippen molar-refractivity contribution in [1.82, 2.24) is 4.98 Å². The van der Waals surface area contributed by atoms with E-state index in [1.807, 2.05) is 30.3 Å². The van der Waals surface area contributed by atoms with Crippen LogP contribution in [0.15, 0.2) is 39.5 Å². The maximum atomic E-state index is 11.7. The molecule has 1 aromatic carbocycles. The molecule has 3 nitrogen and oxygen atoms in total. The van der Waals surface area contributed by atoms with Crippen molar-refractivity contribution in [2.45, 2.75) is 13.3 Å². The summed E-state index contributed by atoms with van der Waals surface area (Å²) in [6, 6.07) is 9.77. The molecule has 82 valence electrons. The SMILES string of the molecule is Cc1oc(=S)[nH]c(=O)c1Cc1ccccc1. The molecule has 0 atom stereocenters. The Balaban J connectivity index is 2.43. The first-order valence-electron chi connectivity index (χ1n) is 4.93. The molecule has 16 heavy (non-hydrogen) atoms. The van der Waals surface area contributed by atoms with E-state index >= 15 is 0 Å². The van der Waals surface area contributed by atoms with Gasteiger partial charge in [0, 0.05) is 6.42 Å². The zero-order valence-electron chi connectivity index (χ0n) is 8.82. The Morgan fingerprint density at radius 3 is 2.62 bits per heavy atom. The monoisotopic (exact) mass is 233 g/mol. The smallest absolute Gasteiger partial charge is 0.268 e. The first kappa shape index (κ1) is 10.8. The number of H-pyrrole nitrogens is 1. The van der Waals surface area contributed by atoms with Crippen molar-refractivity contribution in [1.29, 1.82) is 0 Å². The number of hydrogen-bond acceptors (Lipinski definition) is 3. The lowest BCUT2D eigenvalue weighted by Gasteiger charge is -2.03. The Hall–Kier alpha value is -1.68. The molecule has 0 aliphatic rings. The van der Waals surface area contributed by atoms with Gasteiger partial charge in [0.1, 0.15) is 5.76 Å². The van der Waals surface area contributed by atoms with E-state index in [0.29, 0.717) is 17.7 Å². The van der Waals surface area contributed by atoms with E-state index in [-0.39, 0.29) is 10.4 Å². The molecular formula is C12H11NO2S. The number of hydrogen-bond donors (Lipinski definition) is 1. The summed E-state index contributed by atoms with van der Waals surface area (Å²) in [6.07, 6.45) is 0.557. The van der Waals surface area contributed by atoms with Gasteiger partial charge in [0.05, 0.1) is 5.56 Å².